The average Bonchev–Trinajstić information content (AvgIpc) is 2.37. The summed E-state index contributed by atoms with van der Waals surface area (Å²) in [5, 5.41) is 3.63. The molecule has 0 heterocycles. The van der Waals surface area contributed by atoms with E-state index in [1.54, 1.807) is 0 Å². The summed E-state index contributed by atoms with van der Waals surface area (Å²) in [6.45, 7) is 14.6. The monoisotopic (exact) mass is 261 g/mol. The molecule has 1 aromatic rings. The van der Waals surface area contributed by atoms with Crippen molar-refractivity contribution in [2.24, 2.45) is 5.92 Å². The molecule has 19 heavy (non-hydrogen) atoms. The molecule has 1 unspecified atom stereocenters. The van der Waals surface area contributed by atoms with Crippen molar-refractivity contribution < 1.29 is 0 Å². The van der Waals surface area contributed by atoms with Gasteiger partial charge >= 0.3 is 0 Å². The fourth-order valence-corrected chi connectivity index (χ4v) is 2.77. The molecule has 108 valence electrons. The van der Waals surface area contributed by atoms with Crippen LogP contribution in [0, 0.1) is 19.8 Å². The second kappa shape index (κ2) is 7.69. The van der Waals surface area contributed by atoms with Crippen LogP contribution in [0.3, 0.4) is 0 Å². The third-order valence-electron chi connectivity index (χ3n) is 4.32. The lowest BCUT2D eigenvalue weighted by atomic mass is 9.81. The minimum atomic E-state index is 0.559. The molecule has 0 bridgehead atoms. The smallest absolute Gasteiger partial charge is 0.00251 e. The van der Waals surface area contributed by atoms with Crippen molar-refractivity contribution in [3.05, 3.63) is 34.9 Å². The summed E-state index contributed by atoms with van der Waals surface area (Å²) < 4.78 is 0. The highest BCUT2D eigenvalue weighted by atomic mass is 14.9. The summed E-state index contributed by atoms with van der Waals surface area (Å²) >= 11 is 0. The quantitative estimate of drug-likeness (QED) is 0.742. The molecule has 0 aliphatic heterocycles. The van der Waals surface area contributed by atoms with Crippen LogP contribution in [-0.2, 0) is 0 Å². The van der Waals surface area contributed by atoms with Gasteiger partial charge in [0.1, 0.15) is 0 Å². The van der Waals surface area contributed by atoms with Crippen LogP contribution in [0.15, 0.2) is 18.2 Å². The second-order valence-corrected chi connectivity index (χ2v) is 6.09. The van der Waals surface area contributed by atoms with E-state index in [0.717, 1.165) is 12.5 Å². The SMILES string of the molecule is CCC(CC)C(CNC(C)C)c1ccc(C)c(C)c1. The Labute approximate surface area is 119 Å². The molecular weight excluding hydrogens is 230 g/mol. The Hall–Kier alpha value is -0.820. The van der Waals surface area contributed by atoms with Crippen LogP contribution in [0.4, 0.5) is 0 Å². The van der Waals surface area contributed by atoms with Crippen LogP contribution >= 0.6 is 0 Å². The molecule has 0 spiro atoms. The van der Waals surface area contributed by atoms with Gasteiger partial charge in [-0.1, -0.05) is 58.7 Å². The molecule has 0 radical (unpaired) electrons. The van der Waals surface area contributed by atoms with Crippen LogP contribution in [-0.4, -0.2) is 12.6 Å². The molecule has 0 fully saturated rings. The number of nitrogens with one attached hydrogen (secondary N) is 1. The first-order chi connectivity index (χ1) is 8.99. The van der Waals surface area contributed by atoms with Crippen molar-refractivity contribution in [3.63, 3.8) is 0 Å². The molecule has 1 aromatic carbocycles. The van der Waals surface area contributed by atoms with Gasteiger partial charge in [0.15, 0.2) is 0 Å². The lowest BCUT2D eigenvalue weighted by Crippen LogP contribution is -2.31. The first-order valence-electron chi connectivity index (χ1n) is 7.80. The summed E-state index contributed by atoms with van der Waals surface area (Å²) in [5.74, 6) is 1.41. The maximum Gasteiger partial charge on any atom is 0.00251 e. The van der Waals surface area contributed by atoms with E-state index >= 15 is 0 Å². The minimum Gasteiger partial charge on any atom is -0.314 e. The van der Waals surface area contributed by atoms with Gasteiger partial charge in [-0.15, -0.1) is 0 Å². The van der Waals surface area contributed by atoms with Gasteiger partial charge in [-0.25, -0.2) is 0 Å². The predicted molar refractivity (Wildman–Crippen MR) is 85.9 cm³/mol. The zero-order chi connectivity index (χ0) is 14.4. The highest BCUT2D eigenvalue weighted by Crippen LogP contribution is 2.30. The summed E-state index contributed by atoms with van der Waals surface area (Å²) in [4.78, 5) is 0. The Morgan fingerprint density at radius 3 is 2.11 bits per heavy atom. The van der Waals surface area contributed by atoms with Crippen molar-refractivity contribution in [3.8, 4) is 0 Å². The molecule has 0 saturated carbocycles. The summed E-state index contributed by atoms with van der Waals surface area (Å²) in [6, 6.07) is 7.55. The highest BCUT2D eigenvalue weighted by molar-refractivity contribution is 5.32. The standard InChI is InChI=1S/C18H31N/c1-7-16(8-2)18(12-19-13(3)4)17-10-9-14(5)15(6)11-17/h9-11,13,16,18-19H,7-8,12H2,1-6H3. The van der Waals surface area contributed by atoms with Crippen molar-refractivity contribution in [1.82, 2.24) is 5.32 Å². The third kappa shape index (κ3) is 4.65. The molecule has 0 aliphatic rings. The van der Waals surface area contributed by atoms with Crippen molar-refractivity contribution in [1.29, 1.82) is 0 Å². The van der Waals surface area contributed by atoms with Gasteiger partial charge in [0.25, 0.3) is 0 Å². The number of hydrogen-bond acceptors (Lipinski definition) is 1. The summed E-state index contributed by atoms with van der Waals surface area (Å²) in [6.07, 6.45) is 2.52. The molecule has 1 heteroatoms. The zero-order valence-electron chi connectivity index (χ0n) is 13.6. The molecule has 0 amide bonds. The van der Waals surface area contributed by atoms with Crippen LogP contribution in [0.25, 0.3) is 0 Å². The van der Waals surface area contributed by atoms with Crippen LogP contribution in [0.2, 0.25) is 0 Å². The van der Waals surface area contributed by atoms with Crippen molar-refractivity contribution in [2.75, 3.05) is 6.54 Å². The topological polar surface area (TPSA) is 12.0 Å². The van der Waals surface area contributed by atoms with E-state index in [2.05, 4.69) is 65.1 Å². The molecule has 0 aliphatic carbocycles. The largest absolute Gasteiger partial charge is 0.314 e. The van der Waals surface area contributed by atoms with Crippen molar-refractivity contribution >= 4 is 0 Å². The number of benzene rings is 1. The highest BCUT2D eigenvalue weighted by Gasteiger charge is 2.20. The number of hydrogen-bond donors (Lipinski definition) is 1. The molecule has 1 N–H and O–H groups in total. The normalized spacial score (nSPS) is 13.3. The van der Waals surface area contributed by atoms with E-state index in [0.29, 0.717) is 12.0 Å². The molecule has 1 rings (SSSR count). The molecule has 1 nitrogen and oxygen atoms in total. The minimum absolute atomic E-state index is 0.559. The van der Waals surface area contributed by atoms with E-state index in [1.807, 2.05) is 0 Å². The summed E-state index contributed by atoms with van der Waals surface area (Å²) in [7, 11) is 0. The molecule has 0 aromatic heterocycles. The van der Waals surface area contributed by atoms with Gasteiger partial charge in [0.2, 0.25) is 0 Å². The lowest BCUT2D eigenvalue weighted by molar-refractivity contribution is 0.370. The maximum absolute atomic E-state index is 3.63. The van der Waals surface area contributed by atoms with Gasteiger partial charge in [0, 0.05) is 12.6 Å². The van der Waals surface area contributed by atoms with Gasteiger partial charge in [-0.05, 0) is 42.4 Å². The molecule has 1 atom stereocenters. The fourth-order valence-electron chi connectivity index (χ4n) is 2.77. The van der Waals surface area contributed by atoms with E-state index in [-0.39, 0.29) is 0 Å². The Bertz CT molecular complexity index is 377. The second-order valence-electron chi connectivity index (χ2n) is 6.09. The Kier molecular flexibility index (Phi) is 6.57. The Balaban J connectivity index is 2.96. The van der Waals surface area contributed by atoms with Gasteiger partial charge in [-0.3, -0.25) is 0 Å². The Morgan fingerprint density at radius 1 is 1.00 bits per heavy atom. The van der Waals surface area contributed by atoms with E-state index in [1.165, 1.54) is 29.5 Å². The molecular formula is C18H31N. The van der Waals surface area contributed by atoms with Crippen LogP contribution in [0.5, 0.6) is 0 Å². The van der Waals surface area contributed by atoms with E-state index in [9.17, 15) is 0 Å². The molecule has 0 saturated heterocycles. The average molecular weight is 261 g/mol. The fraction of sp³-hybridized carbons (Fsp3) is 0.667. The van der Waals surface area contributed by atoms with Crippen LogP contribution in [0.1, 0.15) is 63.1 Å². The third-order valence-corrected chi connectivity index (χ3v) is 4.32. The first-order valence-corrected chi connectivity index (χ1v) is 7.80. The number of rotatable bonds is 7. The van der Waals surface area contributed by atoms with Crippen LogP contribution < -0.4 is 5.32 Å². The van der Waals surface area contributed by atoms with E-state index < -0.39 is 0 Å². The first kappa shape index (κ1) is 16.2. The van der Waals surface area contributed by atoms with Gasteiger partial charge in [0.05, 0.1) is 0 Å². The maximum atomic E-state index is 3.63. The van der Waals surface area contributed by atoms with Crippen molar-refractivity contribution in [2.45, 2.75) is 66.3 Å². The Morgan fingerprint density at radius 2 is 1.63 bits per heavy atom. The van der Waals surface area contributed by atoms with E-state index in [4.69, 9.17) is 0 Å². The van der Waals surface area contributed by atoms with Gasteiger partial charge in [-0.2, -0.15) is 0 Å². The lowest BCUT2D eigenvalue weighted by Gasteiger charge is -2.27. The zero-order valence-corrected chi connectivity index (χ0v) is 13.6. The predicted octanol–water partition coefficient (Wildman–Crippen LogP) is 4.82. The number of aryl methyl sites for hydroxylation is 2. The summed E-state index contributed by atoms with van der Waals surface area (Å²) in [5.41, 5.74) is 4.31. The van der Waals surface area contributed by atoms with Gasteiger partial charge < -0.3 is 5.32 Å².